The fourth-order valence-electron chi connectivity index (χ4n) is 2.71. The number of anilines is 1. The summed E-state index contributed by atoms with van der Waals surface area (Å²) in [5.41, 5.74) is 1.81. The van der Waals surface area contributed by atoms with Crippen LogP contribution in [0.15, 0.2) is 30.5 Å². The first kappa shape index (κ1) is 17.2. The molecule has 3 aromatic rings. The van der Waals surface area contributed by atoms with Gasteiger partial charge in [-0.3, -0.25) is 10.1 Å². The first-order valence-corrected chi connectivity index (χ1v) is 8.68. The summed E-state index contributed by atoms with van der Waals surface area (Å²) in [6.07, 6.45) is 1.79. The lowest BCUT2D eigenvalue weighted by atomic mass is 10.1. The summed E-state index contributed by atoms with van der Waals surface area (Å²) in [6, 6.07) is 7.70. The van der Waals surface area contributed by atoms with E-state index in [0.717, 1.165) is 15.8 Å². The number of carbonyl (C=O) groups excluding carboxylic acids is 2. The average Bonchev–Trinajstić information content (AvgIpc) is 3.16. The third-order valence-corrected chi connectivity index (χ3v) is 5.19. The van der Waals surface area contributed by atoms with Crippen LogP contribution in [-0.2, 0) is 11.8 Å². The minimum atomic E-state index is -0.495. The number of carbonyl (C=O) groups is 2. The van der Waals surface area contributed by atoms with Gasteiger partial charge in [0.05, 0.1) is 12.7 Å². The summed E-state index contributed by atoms with van der Waals surface area (Å²) in [4.78, 5) is 29.6. The number of esters is 1. The molecule has 0 bridgehead atoms. The molecular weight excluding hydrogens is 338 g/mol. The predicted molar refractivity (Wildman–Crippen MR) is 98.4 cm³/mol. The molecule has 0 radical (unpaired) electrons. The van der Waals surface area contributed by atoms with Crippen molar-refractivity contribution >= 4 is 39.2 Å². The molecule has 3 rings (SSSR count). The van der Waals surface area contributed by atoms with Gasteiger partial charge in [-0.15, -0.1) is 11.3 Å². The number of methoxy groups -OCH3 is 1. The quantitative estimate of drug-likeness (QED) is 0.721. The lowest BCUT2D eigenvalue weighted by molar-refractivity contribution is 0.0593. The zero-order valence-electron chi connectivity index (χ0n) is 14.5. The number of rotatable bonds is 4. The summed E-state index contributed by atoms with van der Waals surface area (Å²) >= 11 is 1.30. The molecule has 1 N–H and O–H groups in total. The van der Waals surface area contributed by atoms with Crippen molar-refractivity contribution in [2.75, 3.05) is 12.4 Å². The maximum atomic E-state index is 12.7. The maximum absolute atomic E-state index is 12.7. The number of nitrogens with one attached hydrogen (secondary N) is 1. The number of benzene rings is 1. The van der Waals surface area contributed by atoms with Crippen LogP contribution in [0.25, 0.3) is 10.9 Å². The Kier molecular flexibility index (Phi) is 4.59. The van der Waals surface area contributed by atoms with E-state index in [1.54, 1.807) is 6.20 Å². The highest BCUT2D eigenvalue weighted by molar-refractivity contribution is 7.16. The van der Waals surface area contributed by atoms with Gasteiger partial charge in [-0.1, -0.05) is 32.0 Å². The Morgan fingerprint density at radius 1 is 1.28 bits per heavy atom. The molecule has 0 aliphatic heterocycles. The smallest absolute Gasteiger partial charge is 0.357 e. The van der Waals surface area contributed by atoms with E-state index in [4.69, 9.17) is 4.74 Å². The molecule has 2 aromatic heterocycles. The highest BCUT2D eigenvalue weighted by Gasteiger charge is 2.22. The van der Waals surface area contributed by atoms with E-state index in [1.165, 1.54) is 18.4 Å². The fraction of sp³-hybridized carbons (Fsp3) is 0.278. The topological polar surface area (TPSA) is 73.2 Å². The van der Waals surface area contributed by atoms with Crippen LogP contribution >= 0.6 is 11.3 Å². The third kappa shape index (κ3) is 3.15. The largest absolute Gasteiger partial charge is 0.464 e. The molecule has 0 saturated heterocycles. The monoisotopic (exact) mass is 357 g/mol. The second-order valence-corrected chi connectivity index (χ2v) is 7.03. The van der Waals surface area contributed by atoms with Crippen LogP contribution in [0.4, 0.5) is 5.13 Å². The lowest BCUT2D eigenvalue weighted by Gasteiger charge is -2.02. The van der Waals surface area contributed by atoms with Gasteiger partial charge in [0.2, 0.25) is 0 Å². The number of thiazole rings is 1. The molecule has 0 spiro atoms. The molecule has 130 valence electrons. The molecule has 0 aliphatic rings. The number of ether oxygens (including phenoxy) is 1. The minimum absolute atomic E-state index is 0.106. The molecule has 25 heavy (non-hydrogen) atoms. The van der Waals surface area contributed by atoms with Gasteiger partial charge in [0.25, 0.3) is 5.91 Å². The van der Waals surface area contributed by atoms with Crippen molar-refractivity contribution in [3.63, 3.8) is 0 Å². The van der Waals surface area contributed by atoms with Gasteiger partial charge < -0.3 is 9.30 Å². The first-order chi connectivity index (χ1) is 11.9. The molecule has 1 aromatic carbocycles. The molecule has 7 heteroatoms. The van der Waals surface area contributed by atoms with Gasteiger partial charge in [-0.2, -0.15) is 0 Å². The van der Waals surface area contributed by atoms with Gasteiger partial charge in [-0.25, -0.2) is 9.78 Å². The number of fused-ring (bicyclic) bond motifs is 1. The Labute approximate surface area is 149 Å². The van der Waals surface area contributed by atoms with Gasteiger partial charge in [0, 0.05) is 29.0 Å². The summed E-state index contributed by atoms with van der Waals surface area (Å²) in [5, 5.41) is 4.07. The number of hydrogen-bond donors (Lipinski definition) is 1. The number of amides is 1. The van der Waals surface area contributed by atoms with Crippen LogP contribution in [0.1, 0.15) is 45.5 Å². The highest BCUT2D eigenvalue weighted by Crippen LogP contribution is 2.31. The van der Waals surface area contributed by atoms with Crippen LogP contribution in [-0.4, -0.2) is 28.5 Å². The Morgan fingerprint density at radius 2 is 2.00 bits per heavy atom. The van der Waals surface area contributed by atoms with Gasteiger partial charge in [0.1, 0.15) is 0 Å². The fourth-order valence-corrected chi connectivity index (χ4v) is 3.66. The summed E-state index contributed by atoms with van der Waals surface area (Å²) < 4.78 is 6.69. The van der Waals surface area contributed by atoms with Gasteiger partial charge >= 0.3 is 5.97 Å². The van der Waals surface area contributed by atoms with E-state index in [1.807, 2.05) is 49.7 Å². The molecule has 2 heterocycles. The zero-order valence-corrected chi connectivity index (χ0v) is 15.3. The van der Waals surface area contributed by atoms with Crippen LogP contribution in [0.2, 0.25) is 0 Å². The van der Waals surface area contributed by atoms with Crippen molar-refractivity contribution in [3.05, 3.63) is 46.6 Å². The van der Waals surface area contributed by atoms with Gasteiger partial charge in [0.15, 0.2) is 10.8 Å². The van der Waals surface area contributed by atoms with Crippen molar-refractivity contribution in [2.24, 2.45) is 7.05 Å². The van der Waals surface area contributed by atoms with E-state index in [0.29, 0.717) is 10.7 Å². The van der Waals surface area contributed by atoms with E-state index in [2.05, 4.69) is 10.3 Å². The second-order valence-electron chi connectivity index (χ2n) is 6.00. The first-order valence-electron chi connectivity index (χ1n) is 7.86. The third-order valence-electron chi connectivity index (χ3n) is 3.92. The van der Waals surface area contributed by atoms with E-state index in [-0.39, 0.29) is 17.5 Å². The Hall–Kier alpha value is -2.67. The van der Waals surface area contributed by atoms with E-state index in [9.17, 15) is 9.59 Å². The lowest BCUT2D eigenvalue weighted by Crippen LogP contribution is -2.12. The molecule has 0 aliphatic carbocycles. The molecule has 6 nitrogen and oxygen atoms in total. The number of aromatic nitrogens is 2. The summed E-state index contributed by atoms with van der Waals surface area (Å²) in [7, 11) is 3.22. The Bertz CT molecular complexity index is 956. The number of nitrogens with zero attached hydrogens (tertiary/aromatic N) is 2. The SMILES string of the molecule is COC(=O)c1nc(NC(=O)c2cn(C)c3ccccc23)sc1C(C)C. The zero-order chi connectivity index (χ0) is 18.1. The highest BCUT2D eigenvalue weighted by atomic mass is 32.1. The number of hydrogen-bond acceptors (Lipinski definition) is 5. The molecule has 0 fully saturated rings. The Morgan fingerprint density at radius 3 is 2.68 bits per heavy atom. The van der Waals surface area contributed by atoms with Crippen LogP contribution < -0.4 is 5.32 Å². The van der Waals surface area contributed by atoms with Gasteiger partial charge in [-0.05, 0) is 12.0 Å². The number of aryl methyl sites for hydroxylation is 1. The Balaban J connectivity index is 1.94. The van der Waals surface area contributed by atoms with E-state index >= 15 is 0 Å². The summed E-state index contributed by atoms with van der Waals surface area (Å²) in [6.45, 7) is 3.94. The average molecular weight is 357 g/mol. The molecular formula is C18H19N3O3S. The maximum Gasteiger partial charge on any atom is 0.357 e. The van der Waals surface area contributed by atoms with Crippen LogP contribution in [0.3, 0.4) is 0 Å². The van der Waals surface area contributed by atoms with Crippen molar-refractivity contribution in [2.45, 2.75) is 19.8 Å². The van der Waals surface area contributed by atoms with E-state index < -0.39 is 5.97 Å². The van der Waals surface area contributed by atoms with Crippen molar-refractivity contribution in [3.8, 4) is 0 Å². The molecule has 0 atom stereocenters. The number of para-hydroxylation sites is 1. The van der Waals surface area contributed by atoms with Crippen molar-refractivity contribution in [1.29, 1.82) is 0 Å². The second kappa shape index (κ2) is 6.68. The molecule has 1 amide bonds. The summed E-state index contributed by atoms with van der Waals surface area (Å²) in [5.74, 6) is -0.641. The van der Waals surface area contributed by atoms with Crippen LogP contribution in [0.5, 0.6) is 0 Å². The van der Waals surface area contributed by atoms with Crippen molar-refractivity contribution in [1.82, 2.24) is 9.55 Å². The normalized spacial score (nSPS) is 11.1. The van der Waals surface area contributed by atoms with Crippen LogP contribution in [0, 0.1) is 0 Å². The standard InChI is InChI=1S/C18H19N3O3S/c1-10(2)15-14(17(23)24-4)19-18(25-15)20-16(22)12-9-21(3)13-8-6-5-7-11(12)13/h5-10H,1-4H3,(H,19,20,22). The molecule has 0 unspecified atom stereocenters. The predicted octanol–water partition coefficient (Wildman–Crippen LogP) is 3.80. The molecule has 0 saturated carbocycles. The minimum Gasteiger partial charge on any atom is -0.464 e. The van der Waals surface area contributed by atoms with Crippen molar-refractivity contribution < 1.29 is 14.3 Å².